The van der Waals surface area contributed by atoms with Crippen LogP contribution in [-0.2, 0) is 16.1 Å². The van der Waals surface area contributed by atoms with Crippen molar-refractivity contribution in [1.29, 1.82) is 0 Å². The number of rotatable bonds is 13. The quantitative estimate of drug-likeness (QED) is 0.310. The first-order valence-corrected chi connectivity index (χ1v) is 12.5. The van der Waals surface area contributed by atoms with Gasteiger partial charge in [0.2, 0.25) is 11.8 Å². The third-order valence-corrected chi connectivity index (χ3v) is 5.77. The molecule has 0 spiro atoms. The Hall–Kier alpha value is -2.94. The minimum Gasteiger partial charge on any atom is -0.497 e. The minimum absolute atomic E-state index is 0.0646. The Kier molecular flexibility index (Phi) is 15.8. The number of methoxy groups -OCH3 is 1. The normalized spacial score (nSPS) is 15.1. The number of aliphatic hydroxyl groups excluding tert-OH is 1. The molecule has 0 aromatic heterocycles. The molecule has 8 heteroatoms. The maximum Gasteiger partial charge on any atom is 0.237 e. The van der Waals surface area contributed by atoms with E-state index in [1.807, 2.05) is 42.2 Å². The lowest BCUT2D eigenvalue weighted by atomic mass is 10.1. The zero-order chi connectivity index (χ0) is 26.8. The Balaban J connectivity index is 0.000000809. The summed E-state index contributed by atoms with van der Waals surface area (Å²) >= 11 is 0. The highest BCUT2D eigenvalue weighted by Crippen LogP contribution is 2.12. The third kappa shape index (κ3) is 13.2. The number of piperidine rings is 1. The Morgan fingerprint density at radius 1 is 1.22 bits per heavy atom. The fourth-order valence-corrected chi connectivity index (χ4v) is 3.55. The Morgan fingerprint density at radius 2 is 1.94 bits per heavy atom. The van der Waals surface area contributed by atoms with E-state index in [0.717, 1.165) is 42.8 Å². The second kappa shape index (κ2) is 18.3. The van der Waals surface area contributed by atoms with Crippen LogP contribution >= 0.6 is 0 Å². The Labute approximate surface area is 216 Å². The van der Waals surface area contributed by atoms with Crippen molar-refractivity contribution in [2.75, 3.05) is 33.3 Å². The molecule has 1 fully saturated rings. The first kappa shape index (κ1) is 31.1. The van der Waals surface area contributed by atoms with Gasteiger partial charge in [0.25, 0.3) is 0 Å². The molecule has 0 bridgehead atoms. The molecule has 2 rings (SSSR count). The van der Waals surface area contributed by atoms with E-state index in [4.69, 9.17) is 10.5 Å². The van der Waals surface area contributed by atoms with Crippen LogP contribution in [0.1, 0.15) is 44.6 Å². The molecule has 1 aliphatic rings. The Morgan fingerprint density at radius 3 is 2.56 bits per heavy atom. The summed E-state index contributed by atoms with van der Waals surface area (Å²) in [6.07, 6.45) is 8.56. The largest absolute Gasteiger partial charge is 0.497 e. The fraction of sp³-hybridized carbons (Fsp3) is 0.500. The van der Waals surface area contributed by atoms with Crippen molar-refractivity contribution in [2.45, 2.75) is 57.7 Å². The Bertz CT molecular complexity index is 850. The molecule has 1 aromatic rings. The van der Waals surface area contributed by atoms with Crippen molar-refractivity contribution in [1.82, 2.24) is 15.5 Å². The monoisotopic (exact) mass is 500 g/mol. The highest BCUT2D eigenvalue weighted by atomic mass is 16.5. The molecule has 1 heterocycles. The number of hydrogen-bond donors (Lipinski definition) is 4. The van der Waals surface area contributed by atoms with Gasteiger partial charge in [-0.05, 0) is 50.3 Å². The van der Waals surface area contributed by atoms with Gasteiger partial charge in [-0.2, -0.15) is 0 Å². The molecule has 0 aliphatic carbocycles. The van der Waals surface area contributed by atoms with Gasteiger partial charge in [0.15, 0.2) is 0 Å². The van der Waals surface area contributed by atoms with Crippen LogP contribution in [-0.4, -0.2) is 67.3 Å². The summed E-state index contributed by atoms with van der Waals surface area (Å²) in [5.74, 6) is 0.503. The highest BCUT2D eigenvalue weighted by Gasteiger charge is 2.20. The number of allylic oxidation sites excluding steroid dienone is 4. The smallest absolute Gasteiger partial charge is 0.237 e. The number of nitrogens with one attached hydrogen (secondary N) is 2. The van der Waals surface area contributed by atoms with Crippen LogP contribution in [0.5, 0.6) is 5.75 Å². The van der Waals surface area contributed by atoms with Crippen molar-refractivity contribution >= 4 is 11.8 Å². The predicted octanol–water partition coefficient (Wildman–Crippen LogP) is 2.69. The molecule has 1 aliphatic heterocycles. The van der Waals surface area contributed by atoms with E-state index in [2.05, 4.69) is 23.8 Å². The predicted molar refractivity (Wildman–Crippen MR) is 146 cm³/mol. The summed E-state index contributed by atoms with van der Waals surface area (Å²) in [7, 11) is 1.62. The number of nitrogens with zero attached hydrogens (tertiary/aromatic N) is 1. The second-order valence-corrected chi connectivity index (χ2v) is 8.82. The van der Waals surface area contributed by atoms with E-state index in [1.165, 1.54) is 6.42 Å². The van der Waals surface area contributed by atoms with E-state index >= 15 is 0 Å². The summed E-state index contributed by atoms with van der Waals surface area (Å²) in [5, 5.41) is 15.8. The SMILES string of the molecule is C=C/C=C(/C)C=C.COc1cccc(CNCC(O)CNC(=O)C(N)CCC(=O)N2CCCCC2)c1. The topological polar surface area (TPSA) is 117 Å². The van der Waals surface area contributed by atoms with Crippen LogP contribution in [0.25, 0.3) is 0 Å². The van der Waals surface area contributed by atoms with Crippen LogP contribution in [0.2, 0.25) is 0 Å². The molecule has 0 saturated carbocycles. The molecule has 5 N–H and O–H groups in total. The van der Waals surface area contributed by atoms with Crippen molar-refractivity contribution in [3.8, 4) is 5.75 Å². The second-order valence-electron chi connectivity index (χ2n) is 8.82. The molecule has 1 saturated heterocycles. The third-order valence-electron chi connectivity index (χ3n) is 5.77. The zero-order valence-electron chi connectivity index (χ0n) is 21.9. The van der Waals surface area contributed by atoms with Gasteiger partial charge in [0.1, 0.15) is 5.75 Å². The number of carbonyl (C=O) groups is 2. The number of amides is 2. The summed E-state index contributed by atoms with van der Waals surface area (Å²) in [4.78, 5) is 26.1. The van der Waals surface area contributed by atoms with Crippen LogP contribution in [0.15, 0.2) is 61.2 Å². The first-order chi connectivity index (χ1) is 17.3. The highest BCUT2D eigenvalue weighted by molar-refractivity contribution is 5.83. The average molecular weight is 501 g/mol. The van der Waals surface area contributed by atoms with Crippen LogP contribution < -0.4 is 21.1 Å². The lowest BCUT2D eigenvalue weighted by Gasteiger charge is -2.27. The van der Waals surface area contributed by atoms with Gasteiger partial charge in [-0.25, -0.2) is 0 Å². The summed E-state index contributed by atoms with van der Waals surface area (Å²) < 4.78 is 5.18. The minimum atomic E-state index is -0.749. The number of aliphatic hydroxyl groups is 1. The fourth-order valence-electron chi connectivity index (χ4n) is 3.55. The van der Waals surface area contributed by atoms with Crippen molar-refractivity contribution in [3.05, 3.63) is 66.8 Å². The molecule has 1 aromatic carbocycles. The summed E-state index contributed by atoms with van der Waals surface area (Å²) in [6.45, 7) is 11.7. The number of ether oxygens (including phenoxy) is 1. The van der Waals surface area contributed by atoms with Gasteiger partial charge in [-0.15, -0.1) is 0 Å². The van der Waals surface area contributed by atoms with Gasteiger partial charge in [-0.3, -0.25) is 9.59 Å². The molecule has 200 valence electrons. The lowest BCUT2D eigenvalue weighted by molar-refractivity contribution is -0.132. The number of likely N-dealkylation sites (tertiary alicyclic amines) is 1. The van der Waals surface area contributed by atoms with Crippen LogP contribution in [0.3, 0.4) is 0 Å². The molecule has 8 nitrogen and oxygen atoms in total. The van der Waals surface area contributed by atoms with E-state index < -0.39 is 12.1 Å². The maximum atomic E-state index is 12.1. The summed E-state index contributed by atoms with van der Waals surface area (Å²) in [5.41, 5.74) is 8.08. The molecule has 2 unspecified atom stereocenters. The van der Waals surface area contributed by atoms with Crippen molar-refractivity contribution in [2.24, 2.45) is 5.73 Å². The van der Waals surface area contributed by atoms with Gasteiger partial charge < -0.3 is 31.1 Å². The van der Waals surface area contributed by atoms with Crippen molar-refractivity contribution < 1.29 is 19.4 Å². The number of benzene rings is 1. The van der Waals surface area contributed by atoms with E-state index in [-0.39, 0.29) is 24.8 Å². The molecule has 36 heavy (non-hydrogen) atoms. The number of nitrogens with two attached hydrogens (primary N) is 1. The van der Waals surface area contributed by atoms with E-state index in [0.29, 0.717) is 19.5 Å². The van der Waals surface area contributed by atoms with E-state index in [9.17, 15) is 14.7 Å². The summed E-state index contributed by atoms with van der Waals surface area (Å²) in [6, 6.07) is 6.92. The molecule has 2 atom stereocenters. The van der Waals surface area contributed by atoms with Gasteiger partial charge in [-0.1, -0.05) is 49.1 Å². The molecule has 2 amide bonds. The van der Waals surface area contributed by atoms with Crippen LogP contribution in [0, 0.1) is 0 Å². The molecular formula is C28H44N4O4. The average Bonchev–Trinajstić information content (AvgIpc) is 2.91. The molecular weight excluding hydrogens is 456 g/mol. The van der Waals surface area contributed by atoms with Gasteiger partial charge in [0, 0.05) is 39.1 Å². The zero-order valence-corrected chi connectivity index (χ0v) is 21.9. The maximum absolute atomic E-state index is 12.1. The van der Waals surface area contributed by atoms with Gasteiger partial charge >= 0.3 is 0 Å². The van der Waals surface area contributed by atoms with E-state index in [1.54, 1.807) is 19.3 Å². The van der Waals surface area contributed by atoms with Crippen LogP contribution in [0.4, 0.5) is 0 Å². The first-order valence-electron chi connectivity index (χ1n) is 12.5. The number of hydrogen-bond acceptors (Lipinski definition) is 6. The lowest BCUT2D eigenvalue weighted by Crippen LogP contribution is -2.46. The number of carbonyl (C=O) groups excluding carboxylic acids is 2. The standard InChI is InChI=1S/C21H34N4O4.C7H10/c1-29-18-7-5-6-16(12-18)13-23-14-17(26)15-24-21(28)19(22)8-9-20(27)25-10-3-2-4-11-25;1-4-6-7(3)5-2/h5-7,12,17,19,23,26H,2-4,8-11,13-15,22H2,1H3,(H,24,28);4-6H,1-2H2,3H3/b;7-6-. The van der Waals surface area contributed by atoms with Crippen molar-refractivity contribution in [3.63, 3.8) is 0 Å². The van der Waals surface area contributed by atoms with Gasteiger partial charge in [0.05, 0.1) is 19.3 Å². The molecule has 0 radical (unpaired) electrons.